The lowest BCUT2D eigenvalue weighted by molar-refractivity contribution is 0.717. The molecule has 2 aromatic rings. The van der Waals surface area contributed by atoms with Crippen molar-refractivity contribution in [2.45, 2.75) is 58.8 Å². The number of benzene rings is 2. The Morgan fingerprint density at radius 3 is 1.89 bits per heavy atom. The van der Waals surface area contributed by atoms with Crippen LogP contribution in [0.5, 0.6) is 0 Å². The van der Waals surface area contributed by atoms with Crippen molar-refractivity contribution in [2.75, 3.05) is 0 Å². The van der Waals surface area contributed by atoms with Gasteiger partial charge in [0.25, 0.3) is 0 Å². The Morgan fingerprint density at radius 2 is 1.30 bits per heavy atom. The summed E-state index contributed by atoms with van der Waals surface area (Å²) in [5.74, 6) is 12.2. The summed E-state index contributed by atoms with van der Waals surface area (Å²) in [6.07, 6.45) is 13.0. The number of rotatable bonds is 8. The first-order valence-corrected chi connectivity index (χ1v) is 10.2. The van der Waals surface area contributed by atoms with Gasteiger partial charge in [0.1, 0.15) is 0 Å². The van der Waals surface area contributed by atoms with E-state index < -0.39 is 0 Å². The van der Waals surface area contributed by atoms with Crippen LogP contribution in [0.15, 0.2) is 54.6 Å². The van der Waals surface area contributed by atoms with Crippen LogP contribution in [0, 0.1) is 23.7 Å². The second kappa shape index (κ2) is 12.6. The summed E-state index contributed by atoms with van der Waals surface area (Å²) in [7, 11) is 0. The van der Waals surface area contributed by atoms with Crippen LogP contribution in [-0.4, -0.2) is 0 Å². The van der Waals surface area contributed by atoms with Crippen LogP contribution in [0.2, 0.25) is 0 Å². The van der Waals surface area contributed by atoms with Crippen LogP contribution in [0.3, 0.4) is 0 Å². The maximum absolute atomic E-state index is 3.13. The lowest BCUT2D eigenvalue weighted by Gasteiger charge is -2.00. The van der Waals surface area contributed by atoms with E-state index in [0.717, 1.165) is 24.0 Å². The molecule has 0 spiro atoms. The summed E-state index contributed by atoms with van der Waals surface area (Å²) in [4.78, 5) is 0. The molecule has 0 heteroatoms. The maximum atomic E-state index is 3.13. The van der Waals surface area contributed by atoms with E-state index in [-0.39, 0.29) is 0 Å². The Hall–Kier alpha value is -2.70. The lowest BCUT2D eigenvalue weighted by Crippen LogP contribution is -1.85. The van der Waals surface area contributed by atoms with Gasteiger partial charge in [-0.25, -0.2) is 0 Å². The molecule has 0 saturated heterocycles. The van der Waals surface area contributed by atoms with Crippen LogP contribution in [0.1, 0.15) is 74.6 Å². The lowest BCUT2D eigenvalue weighted by atomic mass is 10.1. The molecule has 0 amide bonds. The third kappa shape index (κ3) is 8.48. The zero-order valence-corrected chi connectivity index (χ0v) is 16.7. The van der Waals surface area contributed by atoms with Crippen molar-refractivity contribution >= 4 is 6.08 Å². The normalized spacial score (nSPS) is 10.1. The summed E-state index contributed by atoms with van der Waals surface area (Å²) < 4.78 is 0. The highest BCUT2D eigenvalue weighted by molar-refractivity contribution is 5.52. The van der Waals surface area contributed by atoms with Crippen molar-refractivity contribution in [3.63, 3.8) is 0 Å². The molecule has 0 N–H and O–H groups in total. The molecule has 0 saturated carbocycles. The van der Waals surface area contributed by atoms with E-state index in [4.69, 9.17) is 0 Å². The van der Waals surface area contributed by atoms with Crippen molar-refractivity contribution in [2.24, 2.45) is 0 Å². The summed E-state index contributed by atoms with van der Waals surface area (Å²) >= 11 is 0. The fraction of sp³-hybridized carbons (Fsp3) is 0.333. The molecule has 0 unspecified atom stereocenters. The molecule has 0 nitrogen and oxygen atoms in total. The van der Waals surface area contributed by atoms with E-state index in [1.54, 1.807) is 0 Å². The number of allylic oxidation sites excluding steroid dienone is 1. The van der Waals surface area contributed by atoms with Gasteiger partial charge in [0, 0.05) is 11.1 Å². The minimum Gasteiger partial charge on any atom is -0.0839 e. The predicted octanol–water partition coefficient (Wildman–Crippen LogP) is 7.03. The van der Waals surface area contributed by atoms with Gasteiger partial charge >= 0.3 is 0 Å². The topological polar surface area (TPSA) is 0 Å². The molecule has 0 atom stereocenters. The summed E-state index contributed by atoms with van der Waals surface area (Å²) in [6, 6.07) is 16.9. The first kappa shape index (κ1) is 20.6. The Bertz CT molecular complexity index is 812. The quantitative estimate of drug-likeness (QED) is 0.353. The molecular formula is C27H30. The van der Waals surface area contributed by atoms with E-state index in [1.807, 2.05) is 0 Å². The average molecular weight is 355 g/mol. The first-order valence-electron chi connectivity index (χ1n) is 10.2. The maximum Gasteiger partial charge on any atom is 0.0255 e. The molecule has 0 radical (unpaired) electrons. The van der Waals surface area contributed by atoms with Crippen molar-refractivity contribution < 1.29 is 0 Å². The number of hydrogen-bond donors (Lipinski definition) is 0. The molecule has 2 rings (SSSR count). The highest BCUT2D eigenvalue weighted by Gasteiger charge is 1.93. The monoisotopic (exact) mass is 354 g/mol. The highest BCUT2D eigenvalue weighted by atomic mass is 14.0. The third-order valence-electron chi connectivity index (χ3n) is 4.44. The van der Waals surface area contributed by atoms with E-state index in [2.05, 4.69) is 98.2 Å². The van der Waals surface area contributed by atoms with Crippen molar-refractivity contribution in [3.8, 4) is 23.7 Å². The Labute approximate surface area is 165 Å². The average Bonchev–Trinajstić information content (AvgIpc) is 2.71. The molecule has 0 fully saturated rings. The van der Waals surface area contributed by atoms with Crippen LogP contribution >= 0.6 is 0 Å². The van der Waals surface area contributed by atoms with Crippen LogP contribution in [0.25, 0.3) is 6.08 Å². The first-order chi connectivity index (χ1) is 13.3. The van der Waals surface area contributed by atoms with E-state index in [0.29, 0.717) is 0 Å². The number of hydrogen-bond acceptors (Lipinski definition) is 0. The van der Waals surface area contributed by atoms with Gasteiger partial charge in [0.15, 0.2) is 0 Å². The van der Waals surface area contributed by atoms with Gasteiger partial charge in [-0.1, -0.05) is 87.8 Å². The molecule has 0 bridgehead atoms. The number of aryl methyl sites for hydroxylation is 1. The molecule has 2 aromatic carbocycles. The Balaban J connectivity index is 1.87. The molecule has 0 heterocycles. The Kier molecular flexibility index (Phi) is 9.63. The Morgan fingerprint density at radius 1 is 0.704 bits per heavy atom. The second-order valence-corrected chi connectivity index (χ2v) is 6.82. The fourth-order valence-electron chi connectivity index (χ4n) is 2.76. The van der Waals surface area contributed by atoms with Gasteiger partial charge < -0.3 is 0 Å². The highest BCUT2D eigenvalue weighted by Crippen LogP contribution is 2.09. The smallest absolute Gasteiger partial charge is 0.0255 e. The van der Waals surface area contributed by atoms with Gasteiger partial charge in [-0.05, 0) is 66.5 Å². The number of unbranched alkanes of at least 4 members (excludes halogenated alkanes) is 4. The van der Waals surface area contributed by atoms with Crippen molar-refractivity contribution in [1.82, 2.24) is 0 Å². The molecule has 0 aromatic heterocycles. The minimum absolute atomic E-state index is 1.00. The third-order valence-corrected chi connectivity index (χ3v) is 4.44. The van der Waals surface area contributed by atoms with Gasteiger partial charge in [-0.2, -0.15) is 0 Å². The predicted molar refractivity (Wildman–Crippen MR) is 118 cm³/mol. The molecule has 0 aliphatic carbocycles. The van der Waals surface area contributed by atoms with Crippen LogP contribution < -0.4 is 0 Å². The zero-order chi connectivity index (χ0) is 19.2. The van der Waals surface area contributed by atoms with Gasteiger partial charge in [-0.3, -0.25) is 0 Å². The summed E-state index contributed by atoms with van der Waals surface area (Å²) in [5.41, 5.74) is 4.64. The van der Waals surface area contributed by atoms with Gasteiger partial charge in [0.05, 0.1) is 0 Å². The molecule has 138 valence electrons. The second-order valence-electron chi connectivity index (χ2n) is 6.82. The van der Waals surface area contributed by atoms with Crippen LogP contribution in [0.4, 0.5) is 0 Å². The summed E-state index contributed by atoms with van der Waals surface area (Å²) in [5, 5.41) is 0. The van der Waals surface area contributed by atoms with Gasteiger partial charge in [-0.15, -0.1) is 0 Å². The minimum atomic E-state index is 1.00. The SMILES string of the molecule is CCCC/C=C/c1ccc(C#CC#Cc2ccc(CCCCC)cc2)cc1. The zero-order valence-electron chi connectivity index (χ0n) is 16.7. The molecular weight excluding hydrogens is 324 g/mol. The van der Waals surface area contributed by atoms with Crippen LogP contribution in [-0.2, 0) is 6.42 Å². The molecule has 27 heavy (non-hydrogen) atoms. The van der Waals surface area contributed by atoms with E-state index in [9.17, 15) is 0 Å². The molecule has 0 aliphatic heterocycles. The largest absolute Gasteiger partial charge is 0.0839 e. The summed E-state index contributed by atoms with van der Waals surface area (Å²) in [6.45, 7) is 4.45. The van der Waals surface area contributed by atoms with Gasteiger partial charge in [0.2, 0.25) is 0 Å². The van der Waals surface area contributed by atoms with E-state index >= 15 is 0 Å². The standard InChI is InChI=1S/C27H30/c1-3-5-7-9-13-25-18-22-27(23-19-25)15-11-10-14-26-20-16-24(17-21-26)12-8-6-4-2/h9,13,16-23H,3-8,12H2,1-2H3/b13-9+. The fourth-order valence-corrected chi connectivity index (χ4v) is 2.76. The van der Waals surface area contributed by atoms with Crippen molar-refractivity contribution in [3.05, 3.63) is 76.9 Å². The molecule has 0 aliphatic rings. The van der Waals surface area contributed by atoms with E-state index in [1.165, 1.54) is 43.2 Å². The van der Waals surface area contributed by atoms with Crippen molar-refractivity contribution in [1.29, 1.82) is 0 Å².